The van der Waals surface area contributed by atoms with E-state index in [1.54, 1.807) is 0 Å². The fourth-order valence-corrected chi connectivity index (χ4v) is 2.06. The standard InChI is InChI=1S/C13H18N2O/c1-3-9(2)13(16)15-7-10-4-5-12(14)6-11(10)8-15/h4-6,9H,3,7-8,14H2,1-2H3. The number of nitrogens with zero attached hydrogens (tertiary/aromatic N) is 1. The summed E-state index contributed by atoms with van der Waals surface area (Å²) in [5.41, 5.74) is 8.93. The van der Waals surface area contributed by atoms with Crippen molar-refractivity contribution in [3.05, 3.63) is 29.3 Å². The molecule has 2 N–H and O–H groups in total. The van der Waals surface area contributed by atoms with Gasteiger partial charge in [0.2, 0.25) is 5.91 Å². The molecule has 0 radical (unpaired) electrons. The Morgan fingerprint density at radius 3 is 2.81 bits per heavy atom. The zero-order chi connectivity index (χ0) is 11.7. The molecule has 0 bridgehead atoms. The first-order valence-electron chi connectivity index (χ1n) is 5.78. The van der Waals surface area contributed by atoms with E-state index in [2.05, 4.69) is 0 Å². The lowest BCUT2D eigenvalue weighted by atomic mass is 10.1. The van der Waals surface area contributed by atoms with Gasteiger partial charge in [-0.3, -0.25) is 4.79 Å². The molecule has 1 aromatic carbocycles. The first kappa shape index (κ1) is 11.0. The number of anilines is 1. The van der Waals surface area contributed by atoms with E-state index in [9.17, 15) is 4.79 Å². The van der Waals surface area contributed by atoms with Crippen LogP contribution in [0.4, 0.5) is 5.69 Å². The third-order valence-electron chi connectivity index (χ3n) is 3.30. The molecule has 0 aromatic heterocycles. The fraction of sp³-hybridized carbons (Fsp3) is 0.462. The smallest absolute Gasteiger partial charge is 0.225 e. The van der Waals surface area contributed by atoms with E-state index in [-0.39, 0.29) is 11.8 Å². The van der Waals surface area contributed by atoms with E-state index < -0.39 is 0 Å². The molecule has 1 aliphatic rings. The minimum Gasteiger partial charge on any atom is -0.399 e. The Labute approximate surface area is 96.2 Å². The predicted molar refractivity (Wildman–Crippen MR) is 64.6 cm³/mol. The second kappa shape index (κ2) is 4.16. The average molecular weight is 218 g/mol. The van der Waals surface area contributed by atoms with E-state index in [0.29, 0.717) is 6.54 Å². The van der Waals surface area contributed by atoms with E-state index in [1.807, 2.05) is 36.9 Å². The largest absolute Gasteiger partial charge is 0.399 e. The summed E-state index contributed by atoms with van der Waals surface area (Å²) in [6.07, 6.45) is 0.897. The molecule has 1 atom stereocenters. The average Bonchev–Trinajstić information content (AvgIpc) is 2.69. The molecule has 3 nitrogen and oxygen atoms in total. The van der Waals surface area contributed by atoms with Crippen LogP contribution in [-0.4, -0.2) is 10.8 Å². The molecule has 16 heavy (non-hydrogen) atoms. The molecule has 0 aliphatic carbocycles. The van der Waals surface area contributed by atoms with Gasteiger partial charge in [0.05, 0.1) is 0 Å². The van der Waals surface area contributed by atoms with Crippen LogP contribution < -0.4 is 5.73 Å². The second-order valence-electron chi connectivity index (χ2n) is 4.53. The van der Waals surface area contributed by atoms with Crippen LogP contribution >= 0.6 is 0 Å². The summed E-state index contributed by atoms with van der Waals surface area (Å²) in [5.74, 6) is 0.365. The van der Waals surface area contributed by atoms with Crippen LogP contribution in [0.3, 0.4) is 0 Å². The summed E-state index contributed by atoms with van der Waals surface area (Å²) in [7, 11) is 0. The van der Waals surface area contributed by atoms with Crippen molar-refractivity contribution >= 4 is 11.6 Å². The molecular weight excluding hydrogens is 200 g/mol. The number of amides is 1. The third-order valence-corrected chi connectivity index (χ3v) is 3.30. The maximum Gasteiger partial charge on any atom is 0.225 e. The lowest BCUT2D eigenvalue weighted by molar-refractivity contribution is -0.135. The second-order valence-corrected chi connectivity index (χ2v) is 4.53. The summed E-state index contributed by atoms with van der Waals surface area (Å²) in [6, 6.07) is 5.89. The minimum atomic E-state index is 0.117. The number of fused-ring (bicyclic) bond motifs is 1. The third kappa shape index (κ3) is 1.90. The molecule has 1 amide bonds. The number of rotatable bonds is 2. The van der Waals surface area contributed by atoms with E-state index >= 15 is 0 Å². The first-order valence-corrected chi connectivity index (χ1v) is 5.78. The van der Waals surface area contributed by atoms with Crippen LogP contribution in [0, 0.1) is 5.92 Å². The molecule has 1 aliphatic heterocycles. The molecule has 1 aromatic rings. The van der Waals surface area contributed by atoms with Crippen molar-refractivity contribution in [3.63, 3.8) is 0 Å². The van der Waals surface area contributed by atoms with Gasteiger partial charge in [-0.1, -0.05) is 19.9 Å². The summed E-state index contributed by atoms with van der Waals surface area (Å²) < 4.78 is 0. The Kier molecular flexibility index (Phi) is 2.86. The highest BCUT2D eigenvalue weighted by molar-refractivity contribution is 5.79. The highest BCUT2D eigenvalue weighted by Gasteiger charge is 2.25. The zero-order valence-corrected chi connectivity index (χ0v) is 9.86. The van der Waals surface area contributed by atoms with E-state index in [4.69, 9.17) is 5.73 Å². The maximum absolute atomic E-state index is 12.0. The van der Waals surface area contributed by atoms with Crippen molar-refractivity contribution in [2.45, 2.75) is 33.4 Å². The zero-order valence-electron chi connectivity index (χ0n) is 9.86. The van der Waals surface area contributed by atoms with Crippen LogP contribution in [0.5, 0.6) is 0 Å². The van der Waals surface area contributed by atoms with Gasteiger partial charge in [0.15, 0.2) is 0 Å². The number of hydrogen-bond donors (Lipinski definition) is 1. The monoisotopic (exact) mass is 218 g/mol. The van der Waals surface area contributed by atoms with Gasteiger partial charge in [-0.2, -0.15) is 0 Å². The van der Waals surface area contributed by atoms with Crippen molar-refractivity contribution in [2.75, 3.05) is 5.73 Å². The quantitative estimate of drug-likeness (QED) is 0.773. The number of benzene rings is 1. The molecule has 0 saturated heterocycles. The highest BCUT2D eigenvalue weighted by atomic mass is 16.2. The van der Waals surface area contributed by atoms with Gasteiger partial charge in [0.1, 0.15) is 0 Å². The fourth-order valence-electron chi connectivity index (χ4n) is 2.06. The number of carbonyl (C=O) groups excluding carboxylic acids is 1. The Balaban J connectivity index is 2.14. The van der Waals surface area contributed by atoms with Crippen molar-refractivity contribution in [3.8, 4) is 0 Å². The predicted octanol–water partition coefficient (Wildman–Crippen LogP) is 2.16. The summed E-state index contributed by atoms with van der Waals surface area (Å²) in [4.78, 5) is 13.9. The van der Waals surface area contributed by atoms with Gasteiger partial charge < -0.3 is 10.6 Å². The SMILES string of the molecule is CCC(C)C(=O)N1Cc2ccc(N)cc2C1. The molecule has 86 valence electrons. The molecule has 0 spiro atoms. The van der Waals surface area contributed by atoms with E-state index in [1.165, 1.54) is 11.1 Å². The van der Waals surface area contributed by atoms with Gasteiger partial charge in [-0.05, 0) is 29.7 Å². The van der Waals surface area contributed by atoms with Crippen molar-refractivity contribution in [1.82, 2.24) is 4.90 Å². The van der Waals surface area contributed by atoms with Gasteiger partial charge in [-0.15, -0.1) is 0 Å². The lowest BCUT2D eigenvalue weighted by Crippen LogP contribution is -2.30. The van der Waals surface area contributed by atoms with Gasteiger partial charge in [-0.25, -0.2) is 0 Å². The topological polar surface area (TPSA) is 46.3 Å². The van der Waals surface area contributed by atoms with Crippen LogP contribution in [0.2, 0.25) is 0 Å². The molecule has 3 heteroatoms. The van der Waals surface area contributed by atoms with Crippen molar-refractivity contribution < 1.29 is 4.79 Å². The number of nitrogen functional groups attached to an aromatic ring is 1. The van der Waals surface area contributed by atoms with E-state index in [0.717, 1.165) is 18.7 Å². The lowest BCUT2D eigenvalue weighted by Gasteiger charge is -2.19. The van der Waals surface area contributed by atoms with Crippen LogP contribution in [0.1, 0.15) is 31.4 Å². The molecule has 1 unspecified atom stereocenters. The van der Waals surface area contributed by atoms with Gasteiger partial charge in [0, 0.05) is 24.7 Å². The van der Waals surface area contributed by atoms with Gasteiger partial charge in [0.25, 0.3) is 0 Å². The molecule has 0 fully saturated rings. The van der Waals surface area contributed by atoms with Gasteiger partial charge >= 0.3 is 0 Å². The Morgan fingerprint density at radius 1 is 1.44 bits per heavy atom. The molecule has 0 saturated carbocycles. The van der Waals surface area contributed by atoms with Crippen LogP contribution in [-0.2, 0) is 17.9 Å². The first-order chi connectivity index (χ1) is 7.61. The molecular formula is C13H18N2O. The highest BCUT2D eigenvalue weighted by Crippen LogP contribution is 2.26. The number of carbonyl (C=O) groups is 1. The summed E-state index contributed by atoms with van der Waals surface area (Å²) >= 11 is 0. The van der Waals surface area contributed by atoms with Crippen LogP contribution in [0.15, 0.2) is 18.2 Å². The Bertz CT molecular complexity index is 414. The van der Waals surface area contributed by atoms with Crippen molar-refractivity contribution in [1.29, 1.82) is 0 Å². The van der Waals surface area contributed by atoms with Crippen LogP contribution in [0.25, 0.3) is 0 Å². The minimum absolute atomic E-state index is 0.117. The van der Waals surface area contributed by atoms with Crippen molar-refractivity contribution in [2.24, 2.45) is 5.92 Å². The normalized spacial score (nSPS) is 16.0. The number of hydrogen-bond acceptors (Lipinski definition) is 2. The Morgan fingerprint density at radius 2 is 2.12 bits per heavy atom. The number of nitrogens with two attached hydrogens (primary N) is 1. The Hall–Kier alpha value is -1.51. The maximum atomic E-state index is 12.0. The summed E-state index contributed by atoms with van der Waals surface area (Å²) in [6.45, 7) is 5.48. The molecule has 1 heterocycles. The summed E-state index contributed by atoms with van der Waals surface area (Å²) in [5, 5.41) is 0. The molecule has 2 rings (SSSR count).